The molecule has 0 radical (unpaired) electrons. The molecule has 1 aromatic carbocycles. The second-order valence-corrected chi connectivity index (χ2v) is 8.59. The number of para-hydroxylation sites is 1. The van der Waals surface area contributed by atoms with E-state index in [1.54, 1.807) is 18.4 Å². The lowest BCUT2D eigenvalue weighted by Crippen LogP contribution is -2.56. The van der Waals surface area contributed by atoms with Crippen LogP contribution in [0.1, 0.15) is 22.4 Å². The molecule has 0 bridgehead atoms. The maximum absolute atomic E-state index is 13.0. The summed E-state index contributed by atoms with van der Waals surface area (Å²) in [6.07, 6.45) is 5.16. The molecule has 1 aromatic heterocycles. The van der Waals surface area contributed by atoms with E-state index in [4.69, 9.17) is 4.74 Å². The highest BCUT2D eigenvalue weighted by atomic mass is 32.1. The van der Waals surface area contributed by atoms with Crippen LogP contribution in [-0.2, 0) is 22.6 Å². The molecule has 1 saturated heterocycles. The molecule has 7 heteroatoms. The van der Waals surface area contributed by atoms with Crippen molar-refractivity contribution in [1.29, 1.82) is 0 Å². The van der Waals surface area contributed by atoms with Crippen LogP contribution in [0.15, 0.2) is 41.8 Å². The SMILES string of the molecule is COc1ccccc1/C=C/CN1CCNC(=O)C1CC(=O)N1CCc2sccc2C1. The van der Waals surface area contributed by atoms with Gasteiger partial charge in [0.25, 0.3) is 0 Å². The van der Waals surface area contributed by atoms with E-state index in [-0.39, 0.29) is 18.2 Å². The molecule has 158 valence electrons. The van der Waals surface area contributed by atoms with Gasteiger partial charge in [0, 0.05) is 43.2 Å². The third-order valence-electron chi connectivity index (χ3n) is 5.75. The van der Waals surface area contributed by atoms with Gasteiger partial charge >= 0.3 is 0 Å². The number of thiophene rings is 1. The smallest absolute Gasteiger partial charge is 0.237 e. The first-order valence-corrected chi connectivity index (χ1v) is 11.2. The Balaban J connectivity index is 1.40. The number of piperazine rings is 1. The van der Waals surface area contributed by atoms with Gasteiger partial charge in [-0.25, -0.2) is 0 Å². The van der Waals surface area contributed by atoms with E-state index in [1.165, 1.54) is 10.4 Å². The Kier molecular flexibility index (Phi) is 6.50. The summed E-state index contributed by atoms with van der Waals surface area (Å²) in [7, 11) is 1.66. The second kappa shape index (κ2) is 9.45. The third kappa shape index (κ3) is 4.57. The van der Waals surface area contributed by atoms with Crippen molar-refractivity contribution in [3.8, 4) is 5.75 Å². The average molecular weight is 426 g/mol. The molecule has 1 N–H and O–H groups in total. The van der Waals surface area contributed by atoms with Gasteiger partial charge in [0.1, 0.15) is 5.75 Å². The lowest BCUT2D eigenvalue weighted by molar-refractivity contribution is -0.139. The monoisotopic (exact) mass is 425 g/mol. The molecule has 2 aromatic rings. The minimum Gasteiger partial charge on any atom is -0.496 e. The fraction of sp³-hybridized carbons (Fsp3) is 0.391. The van der Waals surface area contributed by atoms with Crippen LogP contribution in [0.3, 0.4) is 0 Å². The van der Waals surface area contributed by atoms with E-state index in [9.17, 15) is 9.59 Å². The predicted octanol–water partition coefficient (Wildman–Crippen LogP) is 2.55. The molecule has 1 unspecified atom stereocenters. The zero-order valence-corrected chi connectivity index (χ0v) is 18.0. The van der Waals surface area contributed by atoms with Crippen LogP contribution in [0.25, 0.3) is 6.08 Å². The quantitative estimate of drug-likeness (QED) is 0.773. The lowest BCUT2D eigenvalue weighted by atomic mass is 10.0. The van der Waals surface area contributed by atoms with Crippen LogP contribution in [0.5, 0.6) is 5.75 Å². The predicted molar refractivity (Wildman–Crippen MR) is 118 cm³/mol. The van der Waals surface area contributed by atoms with Crippen molar-refractivity contribution in [3.63, 3.8) is 0 Å². The Hall–Kier alpha value is -2.64. The van der Waals surface area contributed by atoms with Crippen molar-refractivity contribution in [2.24, 2.45) is 0 Å². The zero-order valence-electron chi connectivity index (χ0n) is 17.2. The van der Waals surface area contributed by atoms with E-state index in [2.05, 4.69) is 21.7 Å². The maximum Gasteiger partial charge on any atom is 0.237 e. The highest BCUT2D eigenvalue weighted by molar-refractivity contribution is 7.10. The molecule has 30 heavy (non-hydrogen) atoms. The number of carbonyl (C=O) groups excluding carboxylic acids is 2. The number of amides is 2. The van der Waals surface area contributed by atoms with E-state index in [1.807, 2.05) is 41.3 Å². The first kappa shape index (κ1) is 20.6. The van der Waals surface area contributed by atoms with Gasteiger partial charge in [-0.1, -0.05) is 30.4 Å². The summed E-state index contributed by atoms with van der Waals surface area (Å²) in [4.78, 5) is 30.9. The molecule has 0 spiro atoms. The van der Waals surface area contributed by atoms with Crippen molar-refractivity contribution >= 4 is 29.2 Å². The van der Waals surface area contributed by atoms with E-state index in [0.29, 0.717) is 19.6 Å². The Morgan fingerprint density at radius 2 is 2.17 bits per heavy atom. The normalized spacial score (nSPS) is 19.6. The van der Waals surface area contributed by atoms with Crippen molar-refractivity contribution in [2.75, 3.05) is 33.3 Å². The standard InChI is InChI=1S/C23H27N3O3S/c1-29-20-7-3-2-5-17(20)6-4-11-25-13-10-24-23(28)19(25)15-22(27)26-12-8-21-18(16-26)9-14-30-21/h2-7,9,14,19H,8,10-13,15-16H2,1H3,(H,24,28)/b6-4+. The van der Waals surface area contributed by atoms with Gasteiger partial charge in [-0.2, -0.15) is 0 Å². The van der Waals surface area contributed by atoms with Crippen LogP contribution < -0.4 is 10.1 Å². The molecule has 6 nitrogen and oxygen atoms in total. The average Bonchev–Trinajstić information content (AvgIpc) is 3.24. The molecule has 2 aliphatic rings. The number of carbonyl (C=O) groups is 2. The van der Waals surface area contributed by atoms with Crippen molar-refractivity contribution < 1.29 is 14.3 Å². The van der Waals surface area contributed by atoms with Gasteiger partial charge in [0.05, 0.1) is 19.6 Å². The number of nitrogens with one attached hydrogen (secondary N) is 1. The Labute approximate surface area is 181 Å². The molecule has 0 saturated carbocycles. The molecular weight excluding hydrogens is 398 g/mol. The Morgan fingerprint density at radius 1 is 1.30 bits per heavy atom. The minimum absolute atomic E-state index is 0.0487. The van der Waals surface area contributed by atoms with Crippen LogP contribution in [0, 0.1) is 0 Å². The summed E-state index contributed by atoms with van der Waals surface area (Å²) >= 11 is 1.76. The molecule has 0 aliphatic carbocycles. The molecule has 2 aliphatic heterocycles. The number of fused-ring (bicyclic) bond motifs is 1. The third-order valence-corrected chi connectivity index (χ3v) is 6.77. The number of nitrogens with zero attached hydrogens (tertiary/aromatic N) is 2. The highest BCUT2D eigenvalue weighted by Crippen LogP contribution is 2.25. The van der Waals surface area contributed by atoms with Gasteiger partial charge in [0.2, 0.25) is 11.8 Å². The molecule has 1 atom stereocenters. The highest BCUT2D eigenvalue weighted by Gasteiger charge is 2.33. The number of ether oxygens (including phenoxy) is 1. The van der Waals surface area contributed by atoms with Crippen molar-refractivity contribution in [2.45, 2.75) is 25.4 Å². The zero-order chi connectivity index (χ0) is 20.9. The van der Waals surface area contributed by atoms with Gasteiger partial charge in [-0.3, -0.25) is 14.5 Å². The fourth-order valence-electron chi connectivity index (χ4n) is 4.08. The lowest BCUT2D eigenvalue weighted by Gasteiger charge is -2.35. The minimum atomic E-state index is -0.433. The largest absolute Gasteiger partial charge is 0.496 e. The maximum atomic E-state index is 13.0. The Bertz CT molecular complexity index is 939. The Morgan fingerprint density at radius 3 is 3.03 bits per heavy atom. The van der Waals surface area contributed by atoms with Gasteiger partial charge < -0.3 is 15.0 Å². The number of rotatable bonds is 6. The fourth-order valence-corrected chi connectivity index (χ4v) is 4.97. The topological polar surface area (TPSA) is 61.9 Å². The summed E-state index contributed by atoms with van der Waals surface area (Å²) in [6, 6.07) is 9.49. The number of hydrogen-bond donors (Lipinski definition) is 1. The van der Waals surface area contributed by atoms with Crippen molar-refractivity contribution in [3.05, 3.63) is 57.8 Å². The van der Waals surface area contributed by atoms with Crippen LogP contribution in [0.4, 0.5) is 0 Å². The molecular formula is C23H27N3O3S. The first-order chi connectivity index (χ1) is 14.7. The first-order valence-electron chi connectivity index (χ1n) is 10.3. The molecule has 4 rings (SSSR count). The summed E-state index contributed by atoms with van der Waals surface area (Å²) in [5, 5.41) is 5.00. The number of hydrogen-bond acceptors (Lipinski definition) is 5. The van der Waals surface area contributed by atoms with E-state index < -0.39 is 6.04 Å². The van der Waals surface area contributed by atoms with Gasteiger partial charge in [-0.15, -0.1) is 11.3 Å². The molecule has 3 heterocycles. The summed E-state index contributed by atoms with van der Waals surface area (Å²) in [5.74, 6) is 0.802. The van der Waals surface area contributed by atoms with E-state index >= 15 is 0 Å². The van der Waals surface area contributed by atoms with Gasteiger partial charge in [0.15, 0.2) is 0 Å². The van der Waals surface area contributed by atoms with Crippen LogP contribution >= 0.6 is 11.3 Å². The van der Waals surface area contributed by atoms with Gasteiger partial charge in [-0.05, 0) is 29.5 Å². The van der Waals surface area contributed by atoms with Crippen LogP contribution in [-0.4, -0.2) is 60.9 Å². The molecule has 1 fully saturated rings. The number of methoxy groups -OCH3 is 1. The summed E-state index contributed by atoms with van der Waals surface area (Å²) in [6.45, 7) is 3.33. The molecule has 2 amide bonds. The second-order valence-electron chi connectivity index (χ2n) is 7.58. The summed E-state index contributed by atoms with van der Waals surface area (Å²) < 4.78 is 5.39. The van der Waals surface area contributed by atoms with Crippen molar-refractivity contribution in [1.82, 2.24) is 15.1 Å². The van der Waals surface area contributed by atoms with Crippen LogP contribution in [0.2, 0.25) is 0 Å². The van der Waals surface area contributed by atoms with E-state index in [0.717, 1.165) is 30.8 Å². The summed E-state index contributed by atoms with van der Waals surface area (Å²) in [5.41, 5.74) is 2.23. The number of benzene rings is 1.